The lowest BCUT2D eigenvalue weighted by molar-refractivity contribution is 0.0728. The Bertz CT molecular complexity index is 1200. The Kier molecular flexibility index (Phi) is 4.68. The minimum atomic E-state index is -0.718. The van der Waals surface area contributed by atoms with E-state index in [1.807, 2.05) is 30.3 Å². The second-order valence-electron chi connectivity index (χ2n) is 6.19. The zero-order valence-electron chi connectivity index (χ0n) is 14.7. The van der Waals surface area contributed by atoms with E-state index >= 15 is 0 Å². The van der Waals surface area contributed by atoms with Crippen LogP contribution in [0.15, 0.2) is 83.7 Å². The first kappa shape index (κ1) is 17.6. The molecule has 0 unspecified atom stereocenters. The largest absolute Gasteiger partial charge is 0.422 e. The van der Waals surface area contributed by atoms with Crippen molar-refractivity contribution in [1.82, 2.24) is 9.78 Å². The van der Waals surface area contributed by atoms with E-state index < -0.39 is 11.8 Å². The van der Waals surface area contributed by atoms with Gasteiger partial charge in [-0.2, -0.15) is 5.10 Å². The van der Waals surface area contributed by atoms with E-state index in [0.717, 1.165) is 5.56 Å². The van der Waals surface area contributed by atoms with Crippen LogP contribution in [-0.2, 0) is 6.54 Å². The van der Waals surface area contributed by atoms with E-state index in [1.54, 1.807) is 24.3 Å². The zero-order chi connectivity index (χ0) is 19.5. The summed E-state index contributed by atoms with van der Waals surface area (Å²) >= 11 is 0. The van der Waals surface area contributed by atoms with Crippen molar-refractivity contribution < 1.29 is 13.9 Å². The number of esters is 1. The highest BCUT2D eigenvalue weighted by atomic mass is 19.1. The van der Waals surface area contributed by atoms with Crippen LogP contribution in [0.4, 0.5) is 4.39 Å². The number of hydrogen-bond acceptors (Lipinski definition) is 4. The molecule has 1 heterocycles. The molecule has 0 amide bonds. The van der Waals surface area contributed by atoms with Gasteiger partial charge in [0.1, 0.15) is 11.6 Å². The smallest absolute Gasteiger partial charge is 0.364 e. The van der Waals surface area contributed by atoms with Crippen molar-refractivity contribution in [3.63, 3.8) is 0 Å². The quantitative estimate of drug-likeness (QED) is 0.403. The zero-order valence-corrected chi connectivity index (χ0v) is 14.7. The molecular weight excluding hydrogens is 359 g/mol. The van der Waals surface area contributed by atoms with Gasteiger partial charge in [0.05, 0.1) is 11.9 Å². The lowest BCUT2D eigenvalue weighted by Gasteiger charge is -2.11. The molecule has 0 bridgehead atoms. The standard InChI is InChI=1S/C22H15FN2O3/c23-16-10-12-17(13-11-16)28-22(27)20-18-8-4-5-9-19(18)21(26)25(24-20)14-15-6-2-1-3-7-15/h1-13H,14H2. The molecule has 4 aromatic rings. The molecule has 6 heteroatoms. The predicted molar refractivity (Wildman–Crippen MR) is 103 cm³/mol. The Balaban J connectivity index is 1.78. The summed E-state index contributed by atoms with van der Waals surface area (Å²) in [5.41, 5.74) is 0.610. The normalized spacial score (nSPS) is 10.8. The molecule has 0 radical (unpaired) electrons. The van der Waals surface area contributed by atoms with Gasteiger partial charge >= 0.3 is 5.97 Å². The van der Waals surface area contributed by atoms with Gasteiger partial charge in [0.15, 0.2) is 5.69 Å². The summed E-state index contributed by atoms with van der Waals surface area (Å²) in [4.78, 5) is 25.5. The summed E-state index contributed by atoms with van der Waals surface area (Å²) in [5.74, 6) is -0.956. The summed E-state index contributed by atoms with van der Waals surface area (Å²) in [6.45, 7) is 0.224. The Morgan fingerprint density at radius 2 is 1.54 bits per heavy atom. The molecular formula is C22H15FN2O3. The van der Waals surface area contributed by atoms with E-state index in [4.69, 9.17) is 4.74 Å². The molecule has 1 aromatic heterocycles. The SMILES string of the molecule is O=C(Oc1ccc(F)cc1)c1nn(Cc2ccccc2)c(=O)c2ccccc12. The summed E-state index contributed by atoms with van der Waals surface area (Å²) in [6.07, 6.45) is 0. The average molecular weight is 374 g/mol. The van der Waals surface area contributed by atoms with Crippen LogP contribution in [0.5, 0.6) is 5.75 Å². The second-order valence-corrected chi connectivity index (χ2v) is 6.19. The summed E-state index contributed by atoms with van der Waals surface area (Å²) < 4.78 is 19.6. The van der Waals surface area contributed by atoms with Gasteiger partial charge < -0.3 is 4.74 Å². The first-order chi connectivity index (χ1) is 13.6. The van der Waals surface area contributed by atoms with Crippen molar-refractivity contribution >= 4 is 16.7 Å². The number of halogens is 1. The summed E-state index contributed by atoms with van der Waals surface area (Å²) in [6, 6.07) is 21.2. The van der Waals surface area contributed by atoms with Gasteiger partial charge in [-0.25, -0.2) is 13.9 Å². The van der Waals surface area contributed by atoms with E-state index in [2.05, 4.69) is 5.10 Å². The lowest BCUT2D eigenvalue weighted by Crippen LogP contribution is -2.27. The van der Waals surface area contributed by atoms with Gasteiger partial charge in [0.2, 0.25) is 0 Å². The fourth-order valence-electron chi connectivity index (χ4n) is 2.91. The van der Waals surface area contributed by atoms with E-state index in [9.17, 15) is 14.0 Å². The fraction of sp³-hybridized carbons (Fsp3) is 0.0455. The maximum absolute atomic E-state index is 13.1. The molecule has 0 atom stereocenters. The summed E-state index contributed by atoms with van der Waals surface area (Å²) in [5, 5.41) is 5.05. The number of carbonyl (C=O) groups excluding carboxylic acids is 1. The van der Waals surface area contributed by atoms with Crippen LogP contribution in [0.3, 0.4) is 0 Å². The molecule has 0 aliphatic rings. The molecule has 4 rings (SSSR count). The first-order valence-electron chi connectivity index (χ1n) is 8.63. The Morgan fingerprint density at radius 1 is 0.893 bits per heavy atom. The Hall–Kier alpha value is -3.80. The first-order valence-corrected chi connectivity index (χ1v) is 8.63. The van der Waals surface area contributed by atoms with Gasteiger partial charge in [-0.3, -0.25) is 4.79 Å². The van der Waals surface area contributed by atoms with Gasteiger partial charge in [-0.05, 0) is 35.9 Å². The number of carbonyl (C=O) groups is 1. The van der Waals surface area contributed by atoms with Crippen LogP contribution in [0.25, 0.3) is 10.8 Å². The average Bonchev–Trinajstić information content (AvgIpc) is 2.72. The number of ether oxygens (including phenoxy) is 1. The molecule has 138 valence electrons. The number of benzene rings is 3. The van der Waals surface area contributed by atoms with Crippen molar-refractivity contribution in [3.8, 4) is 5.75 Å². The third-order valence-electron chi connectivity index (χ3n) is 4.26. The van der Waals surface area contributed by atoms with Crippen molar-refractivity contribution in [2.24, 2.45) is 0 Å². The van der Waals surface area contributed by atoms with Crippen LogP contribution in [0.2, 0.25) is 0 Å². The lowest BCUT2D eigenvalue weighted by atomic mass is 10.1. The van der Waals surface area contributed by atoms with Gasteiger partial charge in [0.25, 0.3) is 5.56 Å². The molecule has 0 spiro atoms. The number of nitrogens with zero attached hydrogens (tertiary/aromatic N) is 2. The maximum Gasteiger partial charge on any atom is 0.364 e. The maximum atomic E-state index is 13.1. The van der Waals surface area contributed by atoms with Crippen LogP contribution in [0.1, 0.15) is 16.1 Å². The Morgan fingerprint density at radius 3 is 2.25 bits per heavy atom. The van der Waals surface area contributed by atoms with E-state index in [0.29, 0.717) is 10.8 Å². The molecule has 0 saturated carbocycles. The molecule has 0 N–H and O–H groups in total. The monoisotopic (exact) mass is 374 g/mol. The van der Waals surface area contributed by atoms with Crippen molar-refractivity contribution in [1.29, 1.82) is 0 Å². The third kappa shape index (κ3) is 3.53. The molecule has 28 heavy (non-hydrogen) atoms. The van der Waals surface area contributed by atoms with E-state index in [-0.39, 0.29) is 23.5 Å². The minimum absolute atomic E-state index is 0.0236. The highest BCUT2D eigenvalue weighted by molar-refractivity contribution is 6.02. The molecule has 5 nitrogen and oxygen atoms in total. The Labute approximate surface area is 159 Å². The van der Waals surface area contributed by atoms with Crippen LogP contribution in [0, 0.1) is 5.82 Å². The number of aromatic nitrogens is 2. The molecule has 0 aliphatic heterocycles. The number of hydrogen-bond donors (Lipinski definition) is 0. The molecule has 0 saturated heterocycles. The van der Waals surface area contributed by atoms with Crippen LogP contribution >= 0.6 is 0 Å². The van der Waals surface area contributed by atoms with Gasteiger partial charge in [0, 0.05) is 5.39 Å². The van der Waals surface area contributed by atoms with Crippen molar-refractivity contribution in [3.05, 3.63) is 106 Å². The highest BCUT2D eigenvalue weighted by Crippen LogP contribution is 2.18. The third-order valence-corrected chi connectivity index (χ3v) is 4.26. The molecule has 0 fully saturated rings. The van der Waals surface area contributed by atoms with Crippen LogP contribution < -0.4 is 10.3 Å². The molecule has 3 aromatic carbocycles. The van der Waals surface area contributed by atoms with E-state index in [1.165, 1.54) is 28.9 Å². The predicted octanol–water partition coefficient (Wildman–Crippen LogP) is 3.80. The van der Waals surface area contributed by atoms with Crippen molar-refractivity contribution in [2.45, 2.75) is 6.54 Å². The number of fused-ring (bicyclic) bond motifs is 1. The fourth-order valence-corrected chi connectivity index (χ4v) is 2.91. The topological polar surface area (TPSA) is 61.2 Å². The molecule has 0 aliphatic carbocycles. The van der Waals surface area contributed by atoms with Gasteiger partial charge in [-0.15, -0.1) is 0 Å². The van der Waals surface area contributed by atoms with Crippen molar-refractivity contribution in [2.75, 3.05) is 0 Å². The minimum Gasteiger partial charge on any atom is -0.422 e. The van der Waals surface area contributed by atoms with Gasteiger partial charge in [-0.1, -0.05) is 48.5 Å². The van der Waals surface area contributed by atoms with Crippen LogP contribution in [-0.4, -0.2) is 15.7 Å². The highest BCUT2D eigenvalue weighted by Gasteiger charge is 2.19. The number of rotatable bonds is 4. The second kappa shape index (κ2) is 7.44. The summed E-state index contributed by atoms with van der Waals surface area (Å²) in [7, 11) is 0.